The minimum atomic E-state index is -4.97. The van der Waals surface area contributed by atoms with Gasteiger partial charge in [-0.1, -0.05) is 420 Å². The van der Waals surface area contributed by atoms with Crippen LogP contribution in [0.25, 0.3) is 0 Å². The van der Waals surface area contributed by atoms with E-state index < -0.39 is 97.5 Å². The summed E-state index contributed by atoms with van der Waals surface area (Å²) in [6.07, 6.45) is 73.5. The average Bonchev–Trinajstić information content (AvgIpc) is 0.933. The molecular formula is C87H170O17P2. The zero-order chi connectivity index (χ0) is 77.6. The minimum Gasteiger partial charge on any atom is -0.462 e. The van der Waals surface area contributed by atoms with E-state index in [0.29, 0.717) is 25.7 Å². The summed E-state index contributed by atoms with van der Waals surface area (Å²) >= 11 is 0. The number of phosphoric ester groups is 2. The van der Waals surface area contributed by atoms with Crippen LogP contribution in [0.4, 0.5) is 0 Å². The molecule has 0 aromatic carbocycles. The Morgan fingerprint density at radius 1 is 0.255 bits per heavy atom. The quantitative estimate of drug-likeness (QED) is 0.0222. The molecule has 0 aromatic rings. The number of aliphatic hydroxyl groups is 1. The molecule has 0 saturated heterocycles. The van der Waals surface area contributed by atoms with Crippen LogP contribution < -0.4 is 0 Å². The van der Waals surface area contributed by atoms with Crippen molar-refractivity contribution >= 4 is 39.5 Å². The van der Waals surface area contributed by atoms with Crippen molar-refractivity contribution in [1.82, 2.24) is 0 Å². The predicted molar refractivity (Wildman–Crippen MR) is 437 cm³/mol. The second kappa shape index (κ2) is 79.7. The summed E-state index contributed by atoms with van der Waals surface area (Å²) in [6, 6.07) is 0. The number of ether oxygens (including phenoxy) is 4. The summed E-state index contributed by atoms with van der Waals surface area (Å²) in [5.74, 6) is -1.29. The molecule has 5 atom stereocenters. The zero-order valence-corrected chi connectivity index (χ0v) is 71.4. The summed E-state index contributed by atoms with van der Waals surface area (Å²) in [7, 11) is -9.93. The van der Waals surface area contributed by atoms with E-state index in [4.69, 9.17) is 37.0 Å². The van der Waals surface area contributed by atoms with Crippen molar-refractivity contribution in [2.24, 2.45) is 5.92 Å². The molecule has 0 amide bonds. The maximum atomic E-state index is 13.2. The first-order valence-electron chi connectivity index (χ1n) is 45.1. The van der Waals surface area contributed by atoms with Gasteiger partial charge in [-0.3, -0.25) is 37.3 Å². The highest BCUT2D eigenvalue weighted by Gasteiger charge is 2.30. The van der Waals surface area contributed by atoms with Crippen LogP contribution in [0.15, 0.2) is 0 Å². The van der Waals surface area contributed by atoms with Gasteiger partial charge in [0.25, 0.3) is 0 Å². The standard InChI is InChI=1S/C87H170O17P2/c1-6-9-12-15-18-21-24-26-28-30-31-33-37-41-46-51-56-61-66-71-85(90)98-77-83(104-87(92)73-68-63-58-53-48-43-39-35-34-36-40-45-49-54-59-64-69-80(4)5)79-102-106(95,96)100-75-81(88)74-99-105(93,94)101-78-82(76-97-84(89)70-65-60-55-50-44-23-20-17-14-11-8-3)103-86(91)72-67-62-57-52-47-42-38-32-29-27-25-22-19-16-13-10-7-2/h80-83,88H,6-79H2,1-5H3,(H,93,94)(H,95,96)/t81-,82+,83+/m0/s1. The first-order chi connectivity index (χ1) is 51.5. The fourth-order valence-electron chi connectivity index (χ4n) is 13.6. The Bertz CT molecular complexity index is 2010. The first kappa shape index (κ1) is 104. The molecular weight excluding hydrogens is 1380 g/mol. The van der Waals surface area contributed by atoms with Crippen LogP contribution in [-0.2, 0) is 65.4 Å². The van der Waals surface area contributed by atoms with Crippen molar-refractivity contribution in [3.05, 3.63) is 0 Å². The van der Waals surface area contributed by atoms with Gasteiger partial charge in [0.2, 0.25) is 0 Å². The summed E-state index contributed by atoms with van der Waals surface area (Å²) < 4.78 is 68.9. The van der Waals surface area contributed by atoms with Gasteiger partial charge in [-0.2, -0.15) is 0 Å². The number of carbonyl (C=O) groups excluding carboxylic acids is 4. The van der Waals surface area contributed by atoms with Gasteiger partial charge in [-0.05, 0) is 31.6 Å². The SMILES string of the molecule is CCCCCCCCCCCCCCCCCCCCCC(=O)OC[C@H](COP(=O)(O)OC[C@@H](O)COP(=O)(O)OC[C@@H](COC(=O)CCCCCCCCCCCCC)OC(=O)CCCCCCCCCCCCCCCCCCC)OC(=O)CCCCCCCCCCCCCCCCCCC(C)C. The third-order valence-corrected chi connectivity index (χ3v) is 22.4. The van der Waals surface area contributed by atoms with Crippen LogP contribution in [0.5, 0.6) is 0 Å². The van der Waals surface area contributed by atoms with E-state index in [9.17, 15) is 43.2 Å². The molecule has 0 aliphatic rings. The lowest BCUT2D eigenvalue weighted by atomic mass is 10.0. The van der Waals surface area contributed by atoms with Crippen LogP contribution in [-0.4, -0.2) is 96.7 Å². The molecule has 0 radical (unpaired) electrons. The topological polar surface area (TPSA) is 237 Å². The highest BCUT2D eigenvalue weighted by atomic mass is 31.2. The largest absolute Gasteiger partial charge is 0.472 e. The minimum absolute atomic E-state index is 0.109. The zero-order valence-electron chi connectivity index (χ0n) is 69.6. The molecule has 0 aliphatic carbocycles. The van der Waals surface area contributed by atoms with E-state index in [1.807, 2.05) is 0 Å². The van der Waals surface area contributed by atoms with Crippen LogP contribution in [0.3, 0.4) is 0 Å². The number of carbonyl (C=O) groups is 4. The molecule has 0 aliphatic heterocycles. The number of esters is 4. The van der Waals surface area contributed by atoms with Crippen LogP contribution in [0.2, 0.25) is 0 Å². The molecule has 630 valence electrons. The predicted octanol–water partition coefficient (Wildman–Crippen LogP) is 26.8. The van der Waals surface area contributed by atoms with Gasteiger partial charge < -0.3 is 33.8 Å². The molecule has 0 fully saturated rings. The fraction of sp³-hybridized carbons (Fsp3) is 0.954. The van der Waals surface area contributed by atoms with Crippen LogP contribution in [0, 0.1) is 5.92 Å². The molecule has 0 saturated carbocycles. The molecule has 106 heavy (non-hydrogen) atoms. The van der Waals surface area contributed by atoms with E-state index in [-0.39, 0.29) is 25.7 Å². The normalized spacial score (nSPS) is 13.7. The van der Waals surface area contributed by atoms with Gasteiger partial charge in [0.05, 0.1) is 26.4 Å². The summed E-state index contributed by atoms with van der Waals surface area (Å²) in [4.78, 5) is 73.3. The molecule has 2 unspecified atom stereocenters. The highest BCUT2D eigenvalue weighted by molar-refractivity contribution is 7.47. The number of unbranched alkanes of at least 4 members (excludes halogenated alkanes) is 59. The Morgan fingerprint density at radius 2 is 0.434 bits per heavy atom. The van der Waals surface area contributed by atoms with Crippen LogP contribution >= 0.6 is 15.6 Å². The number of rotatable bonds is 87. The van der Waals surface area contributed by atoms with E-state index in [2.05, 4.69) is 34.6 Å². The Kier molecular flexibility index (Phi) is 78.2. The van der Waals surface area contributed by atoms with Crippen molar-refractivity contribution in [2.75, 3.05) is 39.6 Å². The van der Waals surface area contributed by atoms with Crippen molar-refractivity contribution in [2.45, 2.75) is 490 Å². The van der Waals surface area contributed by atoms with Gasteiger partial charge in [0.1, 0.15) is 19.3 Å². The maximum absolute atomic E-state index is 13.2. The van der Waals surface area contributed by atoms with E-state index in [1.165, 1.54) is 295 Å². The van der Waals surface area contributed by atoms with Crippen molar-refractivity contribution in [3.8, 4) is 0 Å². The average molecular weight is 1550 g/mol. The molecule has 0 bridgehead atoms. The lowest BCUT2D eigenvalue weighted by Gasteiger charge is -2.21. The molecule has 0 aromatic heterocycles. The van der Waals surface area contributed by atoms with Gasteiger partial charge >= 0.3 is 39.5 Å². The molecule has 3 N–H and O–H groups in total. The smallest absolute Gasteiger partial charge is 0.462 e. The van der Waals surface area contributed by atoms with Crippen molar-refractivity contribution in [3.63, 3.8) is 0 Å². The molecule has 0 rings (SSSR count). The maximum Gasteiger partial charge on any atom is 0.472 e. The Balaban J connectivity index is 5.24. The summed E-state index contributed by atoms with van der Waals surface area (Å²) in [5, 5.41) is 10.7. The fourth-order valence-corrected chi connectivity index (χ4v) is 15.2. The van der Waals surface area contributed by atoms with Crippen molar-refractivity contribution in [1.29, 1.82) is 0 Å². The second-order valence-corrected chi connectivity index (χ2v) is 34.7. The molecule has 0 spiro atoms. The molecule has 0 heterocycles. The van der Waals surface area contributed by atoms with Gasteiger partial charge in [-0.15, -0.1) is 0 Å². The molecule has 19 heteroatoms. The first-order valence-corrected chi connectivity index (χ1v) is 48.1. The Morgan fingerprint density at radius 3 is 0.642 bits per heavy atom. The third kappa shape index (κ3) is 80.1. The van der Waals surface area contributed by atoms with Gasteiger partial charge in [0.15, 0.2) is 12.2 Å². The van der Waals surface area contributed by atoms with E-state index >= 15 is 0 Å². The number of phosphoric acid groups is 2. The lowest BCUT2D eigenvalue weighted by Crippen LogP contribution is -2.30. The van der Waals surface area contributed by atoms with E-state index in [0.717, 1.165) is 95.8 Å². The van der Waals surface area contributed by atoms with Crippen LogP contribution in [0.1, 0.15) is 471 Å². The van der Waals surface area contributed by atoms with E-state index in [1.54, 1.807) is 0 Å². The lowest BCUT2D eigenvalue weighted by molar-refractivity contribution is -0.161. The third-order valence-electron chi connectivity index (χ3n) is 20.5. The van der Waals surface area contributed by atoms with Gasteiger partial charge in [0, 0.05) is 25.7 Å². The number of hydrogen-bond acceptors (Lipinski definition) is 15. The van der Waals surface area contributed by atoms with Gasteiger partial charge in [-0.25, -0.2) is 9.13 Å². The summed E-state index contributed by atoms with van der Waals surface area (Å²) in [6.45, 7) is 7.40. The Labute approximate surface area is 651 Å². The molecule has 17 nitrogen and oxygen atoms in total. The number of aliphatic hydroxyl groups excluding tert-OH is 1. The second-order valence-electron chi connectivity index (χ2n) is 31.8. The van der Waals surface area contributed by atoms with Crippen molar-refractivity contribution < 1.29 is 80.2 Å². The Hall–Kier alpha value is -1.94. The monoisotopic (exact) mass is 1550 g/mol. The summed E-state index contributed by atoms with van der Waals surface area (Å²) in [5.41, 5.74) is 0. The highest BCUT2D eigenvalue weighted by Crippen LogP contribution is 2.45. The number of hydrogen-bond donors (Lipinski definition) is 3.